The molecule has 1 aliphatic rings. The van der Waals surface area contributed by atoms with Crippen molar-refractivity contribution in [2.24, 2.45) is 0 Å². The van der Waals surface area contributed by atoms with Crippen LogP contribution in [0, 0.1) is 0 Å². The van der Waals surface area contributed by atoms with Crippen LogP contribution in [-0.4, -0.2) is 38.1 Å². The number of ketones is 1. The molecule has 0 N–H and O–H groups in total. The van der Waals surface area contributed by atoms with Gasteiger partial charge in [-0.25, -0.2) is 9.59 Å². The minimum Gasteiger partial charge on any atom is -0.465 e. The van der Waals surface area contributed by atoms with E-state index in [4.69, 9.17) is 0 Å². The highest BCUT2D eigenvalue weighted by Crippen LogP contribution is 2.32. The predicted molar refractivity (Wildman–Crippen MR) is 88.6 cm³/mol. The van der Waals surface area contributed by atoms with Crippen LogP contribution in [0.15, 0.2) is 60.0 Å². The Morgan fingerprint density at radius 3 is 2.19 bits per heavy atom. The normalized spacial score (nSPS) is 14.0. The van der Waals surface area contributed by atoms with Crippen molar-refractivity contribution in [2.45, 2.75) is 6.18 Å². The van der Waals surface area contributed by atoms with Crippen LogP contribution >= 0.6 is 0 Å². The lowest BCUT2D eigenvalue weighted by atomic mass is 10.1. The van der Waals surface area contributed by atoms with Crippen molar-refractivity contribution >= 4 is 23.4 Å². The summed E-state index contributed by atoms with van der Waals surface area (Å²) in [6.07, 6.45) is 0.144. The summed E-state index contributed by atoms with van der Waals surface area (Å²) in [7, 11) is 2.13. The molecule has 0 unspecified atom stereocenters. The van der Waals surface area contributed by atoms with Crippen molar-refractivity contribution in [3.63, 3.8) is 0 Å². The van der Waals surface area contributed by atoms with Crippen LogP contribution in [0.5, 0.6) is 0 Å². The summed E-state index contributed by atoms with van der Waals surface area (Å²) >= 11 is 0. The van der Waals surface area contributed by atoms with Gasteiger partial charge >= 0.3 is 18.1 Å². The number of nitrogens with zero attached hydrogens (tertiary/aromatic N) is 1. The van der Waals surface area contributed by atoms with E-state index in [1.54, 1.807) is 0 Å². The van der Waals surface area contributed by atoms with Gasteiger partial charge in [0.05, 0.1) is 31.0 Å². The lowest BCUT2D eigenvalue weighted by Gasteiger charge is -2.25. The standard InChI is InChI=1S/C18H14F3NO5/c1-26-16(24)12-8-5-6-10-22(14(12)17(25)27-2)13-9-4-3-7-11(13)15(23)18(19,20)21/h3-10H,1-2H3. The summed E-state index contributed by atoms with van der Waals surface area (Å²) in [5.41, 5.74) is -1.58. The van der Waals surface area contributed by atoms with Crippen molar-refractivity contribution in [3.05, 3.63) is 65.5 Å². The number of ether oxygens (including phenoxy) is 2. The predicted octanol–water partition coefficient (Wildman–Crippen LogP) is 2.92. The lowest BCUT2D eigenvalue weighted by molar-refractivity contribution is -0.139. The molecule has 0 atom stereocenters. The lowest BCUT2D eigenvalue weighted by Crippen LogP contribution is -2.30. The first-order valence-corrected chi connectivity index (χ1v) is 7.48. The number of anilines is 1. The SMILES string of the molecule is COC(=O)C1=C(C(=O)OC)N(c2ccccc2C(=O)C(F)(F)F)C=CC=C1. The molecule has 142 valence electrons. The second-order valence-corrected chi connectivity index (χ2v) is 5.16. The zero-order valence-corrected chi connectivity index (χ0v) is 14.2. The van der Waals surface area contributed by atoms with Gasteiger partial charge in [-0.15, -0.1) is 0 Å². The number of methoxy groups -OCH3 is 2. The van der Waals surface area contributed by atoms with Crippen LogP contribution in [0.2, 0.25) is 0 Å². The number of carbonyl (C=O) groups is 3. The third-order valence-electron chi connectivity index (χ3n) is 3.55. The fraction of sp³-hybridized carbons (Fsp3) is 0.167. The molecule has 0 saturated heterocycles. The minimum absolute atomic E-state index is 0.247. The summed E-state index contributed by atoms with van der Waals surface area (Å²) in [6.45, 7) is 0. The van der Waals surface area contributed by atoms with E-state index >= 15 is 0 Å². The van der Waals surface area contributed by atoms with Crippen LogP contribution in [0.25, 0.3) is 0 Å². The van der Waals surface area contributed by atoms with Crippen molar-refractivity contribution in [1.82, 2.24) is 0 Å². The van der Waals surface area contributed by atoms with Gasteiger partial charge in [0.1, 0.15) is 5.70 Å². The quantitative estimate of drug-likeness (QED) is 0.590. The fourth-order valence-electron chi connectivity index (χ4n) is 2.38. The number of benzene rings is 1. The average molecular weight is 381 g/mol. The molecular formula is C18H14F3NO5. The zero-order chi connectivity index (χ0) is 20.2. The first-order chi connectivity index (χ1) is 12.7. The van der Waals surface area contributed by atoms with E-state index in [0.717, 1.165) is 25.2 Å². The van der Waals surface area contributed by atoms with Crippen LogP contribution in [-0.2, 0) is 19.1 Å². The molecule has 0 spiro atoms. The highest BCUT2D eigenvalue weighted by Gasteiger charge is 2.41. The van der Waals surface area contributed by atoms with Crippen LogP contribution in [0.3, 0.4) is 0 Å². The molecule has 9 heteroatoms. The van der Waals surface area contributed by atoms with Crippen LogP contribution in [0.1, 0.15) is 10.4 Å². The second-order valence-electron chi connectivity index (χ2n) is 5.16. The molecule has 2 rings (SSSR count). The largest absolute Gasteiger partial charge is 0.465 e. The number of esters is 2. The maximum Gasteiger partial charge on any atom is 0.454 e. The Hall–Kier alpha value is -3.36. The number of hydrogen-bond acceptors (Lipinski definition) is 6. The zero-order valence-electron chi connectivity index (χ0n) is 14.2. The molecule has 1 aliphatic heterocycles. The maximum atomic E-state index is 13.0. The van der Waals surface area contributed by atoms with E-state index in [9.17, 15) is 27.6 Å². The number of para-hydroxylation sites is 1. The molecule has 0 aliphatic carbocycles. The molecular weight excluding hydrogens is 367 g/mol. The van der Waals surface area contributed by atoms with Gasteiger partial charge in [0.15, 0.2) is 0 Å². The molecule has 27 heavy (non-hydrogen) atoms. The molecule has 0 bridgehead atoms. The Balaban J connectivity index is 2.75. The van der Waals surface area contributed by atoms with E-state index in [-0.39, 0.29) is 11.3 Å². The molecule has 6 nitrogen and oxygen atoms in total. The van der Waals surface area contributed by atoms with Gasteiger partial charge in [0.25, 0.3) is 5.78 Å². The topological polar surface area (TPSA) is 72.9 Å². The third-order valence-corrected chi connectivity index (χ3v) is 3.55. The number of hydrogen-bond donors (Lipinski definition) is 0. The van der Waals surface area contributed by atoms with Crippen molar-refractivity contribution in [1.29, 1.82) is 0 Å². The molecule has 1 aromatic carbocycles. The first-order valence-electron chi connectivity index (χ1n) is 7.48. The maximum absolute atomic E-state index is 13.0. The van der Waals surface area contributed by atoms with Gasteiger partial charge in [0.2, 0.25) is 0 Å². The second kappa shape index (κ2) is 7.90. The number of alkyl halides is 3. The van der Waals surface area contributed by atoms with Crippen molar-refractivity contribution in [3.8, 4) is 0 Å². The molecule has 0 saturated carbocycles. The Morgan fingerprint density at radius 1 is 0.963 bits per heavy atom. The summed E-state index contributed by atoms with van der Waals surface area (Å²) in [5, 5.41) is 0. The van der Waals surface area contributed by atoms with Gasteiger partial charge in [-0.2, -0.15) is 13.2 Å². The van der Waals surface area contributed by atoms with E-state index in [1.165, 1.54) is 42.6 Å². The molecule has 1 heterocycles. The van der Waals surface area contributed by atoms with Crippen molar-refractivity contribution < 1.29 is 37.0 Å². The first kappa shape index (κ1) is 20.0. The molecule has 0 radical (unpaired) electrons. The Bertz CT molecular complexity index is 868. The highest BCUT2D eigenvalue weighted by atomic mass is 19.4. The summed E-state index contributed by atoms with van der Waals surface area (Å²) in [5.74, 6) is -3.99. The minimum atomic E-state index is -5.12. The van der Waals surface area contributed by atoms with E-state index in [2.05, 4.69) is 9.47 Å². The van der Waals surface area contributed by atoms with E-state index in [1.807, 2.05) is 0 Å². The number of halogens is 3. The highest BCUT2D eigenvalue weighted by molar-refractivity contribution is 6.09. The Kier molecular flexibility index (Phi) is 5.84. The van der Waals surface area contributed by atoms with Gasteiger partial charge in [-0.05, 0) is 24.3 Å². The van der Waals surface area contributed by atoms with E-state index < -0.39 is 35.2 Å². The molecule has 1 aromatic rings. The number of rotatable bonds is 4. The van der Waals surface area contributed by atoms with E-state index in [0.29, 0.717) is 0 Å². The Morgan fingerprint density at radius 2 is 1.59 bits per heavy atom. The van der Waals surface area contributed by atoms with Gasteiger partial charge in [-0.3, -0.25) is 4.79 Å². The van der Waals surface area contributed by atoms with Gasteiger partial charge in [0, 0.05) is 6.20 Å². The molecule has 0 aromatic heterocycles. The number of allylic oxidation sites excluding steroid dienone is 2. The van der Waals surface area contributed by atoms with Crippen molar-refractivity contribution in [2.75, 3.05) is 19.1 Å². The summed E-state index contributed by atoms with van der Waals surface area (Å²) in [4.78, 5) is 37.2. The Labute approximate surface area is 152 Å². The van der Waals surface area contributed by atoms with Gasteiger partial charge in [-0.1, -0.05) is 18.2 Å². The number of carbonyl (C=O) groups excluding carboxylic acids is 3. The van der Waals surface area contributed by atoms with Gasteiger partial charge < -0.3 is 14.4 Å². The number of Topliss-reactive ketones (excluding diaryl/α,β-unsaturated/α-hetero) is 1. The smallest absolute Gasteiger partial charge is 0.454 e. The third kappa shape index (κ3) is 4.08. The molecule has 0 amide bonds. The average Bonchev–Trinajstić information content (AvgIpc) is 2.88. The van der Waals surface area contributed by atoms with Crippen LogP contribution < -0.4 is 4.90 Å². The van der Waals surface area contributed by atoms with Crippen LogP contribution in [0.4, 0.5) is 18.9 Å². The summed E-state index contributed by atoms with van der Waals surface area (Å²) in [6, 6.07) is 4.84. The fourth-order valence-corrected chi connectivity index (χ4v) is 2.38. The summed E-state index contributed by atoms with van der Waals surface area (Å²) < 4.78 is 48.2. The molecule has 0 fully saturated rings. The monoisotopic (exact) mass is 381 g/mol.